The molecule has 7 heteroatoms. The van der Waals surface area contributed by atoms with E-state index in [0.717, 1.165) is 35.6 Å². The van der Waals surface area contributed by atoms with Crippen LogP contribution in [0.2, 0.25) is 0 Å². The van der Waals surface area contributed by atoms with Gasteiger partial charge in [0.05, 0.1) is 19.6 Å². The summed E-state index contributed by atoms with van der Waals surface area (Å²) in [5, 5.41) is 4.76. The van der Waals surface area contributed by atoms with Gasteiger partial charge in [-0.1, -0.05) is 19.3 Å². The lowest BCUT2D eigenvalue weighted by atomic mass is 9.89. The summed E-state index contributed by atoms with van der Waals surface area (Å²) in [6.45, 7) is 6.56. The number of carbonyl (C=O) groups excluding carboxylic acids is 1. The van der Waals surface area contributed by atoms with Gasteiger partial charge in [0.2, 0.25) is 5.91 Å². The lowest BCUT2D eigenvalue weighted by Crippen LogP contribution is -2.41. The zero-order chi connectivity index (χ0) is 18.1. The topological polar surface area (TPSA) is 72.6 Å². The van der Waals surface area contributed by atoms with Crippen molar-refractivity contribution in [2.45, 2.75) is 58.3 Å². The molecular formula is C19H27N5O2. The zero-order valence-corrected chi connectivity index (χ0v) is 15.7. The summed E-state index contributed by atoms with van der Waals surface area (Å²) in [5.41, 5.74) is 2.82. The largest absolute Gasteiger partial charge is 0.378 e. The number of ether oxygens (including phenoxy) is 1. The first-order valence-corrected chi connectivity index (χ1v) is 9.72. The van der Waals surface area contributed by atoms with Crippen molar-refractivity contribution in [3.8, 4) is 0 Å². The summed E-state index contributed by atoms with van der Waals surface area (Å²) < 4.78 is 7.17. The fourth-order valence-corrected chi connectivity index (χ4v) is 4.09. The summed E-state index contributed by atoms with van der Waals surface area (Å²) in [4.78, 5) is 23.9. The molecule has 1 saturated carbocycles. The van der Waals surface area contributed by atoms with Crippen LogP contribution in [0, 0.1) is 13.8 Å². The van der Waals surface area contributed by atoms with Crippen LogP contribution >= 0.6 is 0 Å². The maximum Gasteiger partial charge on any atom is 0.252 e. The molecule has 0 bridgehead atoms. The van der Waals surface area contributed by atoms with Crippen molar-refractivity contribution in [1.82, 2.24) is 24.5 Å². The van der Waals surface area contributed by atoms with Crippen LogP contribution in [0.15, 0.2) is 0 Å². The van der Waals surface area contributed by atoms with Crippen molar-refractivity contribution in [3.63, 3.8) is 0 Å². The van der Waals surface area contributed by atoms with E-state index in [4.69, 9.17) is 14.8 Å². The third kappa shape index (κ3) is 3.32. The van der Waals surface area contributed by atoms with Crippen molar-refractivity contribution in [1.29, 1.82) is 0 Å². The van der Waals surface area contributed by atoms with Gasteiger partial charge in [0.25, 0.3) is 5.78 Å². The molecule has 0 N–H and O–H groups in total. The SMILES string of the molecule is Cc1nc2nc(C3CCCCC3)nn2c(C)c1CC(=O)N1CCOCC1. The molecule has 0 spiro atoms. The normalized spacial score (nSPS) is 19.2. The minimum atomic E-state index is 0.133. The van der Waals surface area contributed by atoms with Crippen LogP contribution in [-0.2, 0) is 16.0 Å². The highest BCUT2D eigenvalue weighted by molar-refractivity contribution is 5.79. The molecule has 1 amide bonds. The van der Waals surface area contributed by atoms with E-state index in [1.165, 1.54) is 19.3 Å². The smallest absolute Gasteiger partial charge is 0.252 e. The fraction of sp³-hybridized carbons (Fsp3) is 0.684. The number of rotatable bonds is 3. The Hall–Kier alpha value is -2.02. The Morgan fingerprint density at radius 1 is 1.12 bits per heavy atom. The monoisotopic (exact) mass is 357 g/mol. The van der Waals surface area contributed by atoms with E-state index < -0.39 is 0 Å². The highest BCUT2D eigenvalue weighted by atomic mass is 16.5. The van der Waals surface area contributed by atoms with Gasteiger partial charge >= 0.3 is 0 Å². The molecule has 26 heavy (non-hydrogen) atoms. The fourth-order valence-electron chi connectivity index (χ4n) is 4.09. The number of hydrogen-bond acceptors (Lipinski definition) is 5. The second-order valence-electron chi connectivity index (χ2n) is 7.45. The average molecular weight is 357 g/mol. The van der Waals surface area contributed by atoms with Gasteiger partial charge in [-0.05, 0) is 26.7 Å². The molecule has 2 fully saturated rings. The van der Waals surface area contributed by atoms with Crippen LogP contribution in [0.1, 0.15) is 60.8 Å². The number of aryl methyl sites for hydroxylation is 2. The molecule has 0 radical (unpaired) electrons. The van der Waals surface area contributed by atoms with Gasteiger partial charge in [-0.3, -0.25) is 4.79 Å². The van der Waals surface area contributed by atoms with E-state index in [2.05, 4.69) is 4.98 Å². The Kier molecular flexibility index (Phi) is 4.89. The summed E-state index contributed by atoms with van der Waals surface area (Å²) in [7, 11) is 0. The molecule has 0 aromatic carbocycles. The van der Waals surface area contributed by atoms with Crippen LogP contribution in [0.25, 0.3) is 5.78 Å². The first kappa shape index (κ1) is 17.4. The molecule has 3 heterocycles. The molecule has 7 nitrogen and oxygen atoms in total. The van der Waals surface area contributed by atoms with E-state index in [1.807, 2.05) is 23.3 Å². The van der Waals surface area contributed by atoms with Crippen molar-refractivity contribution < 1.29 is 9.53 Å². The van der Waals surface area contributed by atoms with Gasteiger partial charge in [0.15, 0.2) is 5.82 Å². The number of hydrogen-bond donors (Lipinski definition) is 0. The number of carbonyl (C=O) groups is 1. The summed E-state index contributed by atoms with van der Waals surface area (Å²) in [6, 6.07) is 0. The van der Waals surface area contributed by atoms with E-state index in [-0.39, 0.29) is 5.91 Å². The van der Waals surface area contributed by atoms with Gasteiger partial charge in [0, 0.05) is 36.0 Å². The van der Waals surface area contributed by atoms with Gasteiger partial charge < -0.3 is 9.64 Å². The second-order valence-corrected chi connectivity index (χ2v) is 7.45. The van der Waals surface area contributed by atoms with Crippen molar-refractivity contribution in [3.05, 3.63) is 22.8 Å². The molecule has 1 aliphatic carbocycles. The van der Waals surface area contributed by atoms with Gasteiger partial charge in [-0.15, -0.1) is 5.10 Å². The van der Waals surface area contributed by atoms with Gasteiger partial charge in [0.1, 0.15) is 0 Å². The molecule has 2 aromatic heterocycles. The first-order valence-electron chi connectivity index (χ1n) is 9.72. The Morgan fingerprint density at radius 2 is 1.85 bits per heavy atom. The van der Waals surface area contributed by atoms with Gasteiger partial charge in [-0.2, -0.15) is 4.98 Å². The lowest BCUT2D eigenvalue weighted by Gasteiger charge is -2.27. The lowest BCUT2D eigenvalue weighted by molar-refractivity contribution is -0.134. The number of morpholine rings is 1. The van der Waals surface area contributed by atoms with E-state index in [1.54, 1.807) is 0 Å². The quantitative estimate of drug-likeness (QED) is 0.842. The summed E-state index contributed by atoms with van der Waals surface area (Å²) in [5.74, 6) is 2.15. The molecule has 0 atom stereocenters. The van der Waals surface area contributed by atoms with E-state index in [9.17, 15) is 4.79 Å². The maximum atomic E-state index is 12.7. The number of fused-ring (bicyclic) bond motifs is 1. The predicted molar refractivity (Wildman–Crippen MR) is 97.2 cm³/mol. The summed E-state index contributed by atoms with van der Waals surface area (Å²) in [6.07, 6.45) is 6.51. The third-order valence-electron chi connectivity index (χ3n) is 5.73. The molecule has 2 aliphatic rings. The van der Waals surface area contributed by atoms with Crippen molar-refractivity contribution >= 4 is 11.7 Å². The van der Waals surface area contributed by atoms with Crippen LogP contribution in [-0.4, -0.2) is 56.7 Å². The van der Waals surface area contributed by atoms with E-state index >= 15 is 0 Å². The third-order valence-corrected chi connectivity index (χ3v) is 5.73. The standard InChI is InChI=1S/C19H27N5O2/c1-13-16(12-17(25)23-8-10-26-11-9-23)14(2)24-19(20-13)21-18(22-24)15-6-4-3-5-7-15/h15H,3-12H2,1-2H3. The zero-order valence-electron chi connectivity index (χ0n) is 15.7. The minimum Gasteiger partial charge on any atom is -0.378 e. The molecule has 1 aliphatic heterocycles. The molecule has 4 rings (SSSR count). The van der Waals surface area contributed by atoms with Crippen LogP contribution < -0.4 is 0 Å². The summed E-state index contributed by atoms with van der Waals surface area (Å²) >= 11 is 0. The van der Waals surface area contributed by atoms with Crippen molar-refractivity contribution in [2.75, 3.05) is 26.3 Å². The second kappa shape index (κ2) is 7.31. The highest BCUT2D eigenvalue weighted by Gasteiger charge is 2.24. The van der Waals surface area contributed by atoms with Crippen LogP contribution in [0.4, 0.5) is 0 Å². The maximum absolute atomic E-state index is 12.7. The molecule has 2 aromatic rings. The van der Waals surface area contributed by atoms with Crippen LogP contribution in [0.5, 0.6) is 0 Å². The molecular weight excluding hydrogens is 330 g/mol. The predicted octanol–water partition coefficient (Wildman–Crippen LogP) is 2.19. The Bertz CT molecular complexity index is 804. The Morgan fingerprint density at radius 3 is 2.58 bits per heavy atom. The Balaban J connectivity index is 1.61. The number of nitrogens with zero attached hydrogens (tertiary/aromatic N) is 5. The Labute approximate surface area is 153 Å². The highest BCUT2D eigenvalue weighted by Crippen LogP contribution is 2.31. The molecule has 140 valence electrons. The van der Waals surface area contributed by atoms with Crippen molar-refractivity contribution in [2.24, 2.45) is 0 Å². The minimum absolute atomic E-state index is 0.133. The first-order chi connectivity index (χ1) is 12.6. The van der Waals surface area contributed by atoms with E-state index in [0.29, 0.717) is 44.4 Å². The van der Waals surface area contributed by atoms with Gasteiger partial charge in [-0.25, -0.2) is 9.50 Å². The number of amides is 1. The molecule has 0 unspecified atom stereocenters. The number of aromatic nitrogens is 4. The van der Waals surface area contributed by atoms with Crippen LogP contribution in [0.3, 0.4) is 0 Å². The average Bonchev–Trinajstić information content (AvgIpc) is 3.10. The molecule has 1 saturated heterocycles.